The third-order valence-corrected chi connectivity index (χ3v) is 5.88. The average Bonchev–Trinajstić information content (AvgIpc) is 2.61. The van der Waals surface area contributed by atoms with Gasteiger partial charge < -0.3 is 5.73 Å². The molecule has 1 aliphatic rings. The van der Waals surface area contributed by atoms with Gasteiger partial charge in [0.2, 0.25) is 5.91 Å². The van der Waals surface area contributed by atoms with Crippen molar-refractivity contribution in [1.82, 2.24) is 4.90 Å². The molecule has 1 aliphatic heterocycles. The van der Waals surface area contributed by atoms with Crippen LogP contribution >= 0.6 is 27.5 Å². The van der Waals surface area contributed by atoms with Gasteiger partial charge in [-0.3, -0.25) is 9.69 Å². The molecular formula is C20H19BrClF2N3O. The number of hydrogen-bond donors (Lipinski definition) is 1. The number of hydrogen-bond acceptors (Lipinski definition) is 3. The molecule has 0 spiro atoms. The van der Waals surface area contributed by atoms with Gasteiger partial charge in [-0.1, -0.05) is 51.8 Å². The number of carbonyl (C=O) groups is 1. The van der Waals surface area contributed by atoms with Gasteiger partial charge in [0, 0.05) is 34.6 Å². The summed E-state index contributed by atoms with van der Waals surface area (Å²) in [5, 5.41) is 0.432. The van der Waals surface area contributed by atoms with Crippen LogP contribution in [0.1, 0.15) is 36.5 Å². The highest BCUT2D eigenvalue weighted by molar-refractivity contribution is 9.10. The van der Waals surface area contributed by atoms with Crippen molar-refractivity contribution in [2.45, 2.75) is 31.2 Å². The first-order chi connectivity index (χ1) is 12.9. The molecule has 0 saturated carbocycles. The largest absolute Gasteiger partial charge is 0.369 e. The van der Waals surface area contributed by atoms with Crippen molar-refractivity contribution in [3.63, 3.8) is 0 Å². The first kappa shape index (κ1) is 20.7. The zero-order valence-electron chi connectivity index (χ0n) is 15.5. The normalized spacial score (nSPS) is 23.0. The molecule has 0 radical (unpaired) electrons. The van der Waals surface area contributed by atoms with Gasteiger partial charge in [-0.05, 0) is 30.7 Å². The number of guanidine groups is 1. The van der Waals surface area contributed by atoms with E-state index in [1.54, 1.807) is 25.1 Å². The van der Waals surface area contributed by atoms with E-state index < -0.39 is 17.4 Å². The van der Waals surface area contributed by atoms with Crippen LogP contribution in [0.25, 0.3) is 0 Å². The minimum absolute atomic E-state index is 0.0662. The van der Waals surface area contributed by atoms with E-state index in [9.17, 15) is 13.6 Å². The lowest BCUT2D eigenvalue weighted by atomic mass is 9.74. The minimum atomic E-state index is -2.97. The predicted molar refractivity (Wildman–Crippen MR) is 110 cm³/mol. The molecule has 1 unspecified atom stereocenters. The monoisotopic (exact) mass is 469 g/mol. The van der Waals surface area contributed by atoms with E-state index in [1.807, 2.05) is 0 Å². The Morgan fingerprint density at radius 1 is 1.25 bits per heavy atom. The molecule has 1 heterocycles. The molecule has 0 saturated heterocycles. The van der Waals surface area contributed by atoms with Crippen molar-refractivity contribution in [2.24, 2.45) is 10.7 Å². The Hall–Kier alpha value is -1.99. The standard InChI is InChI=1S/C20H19BrClF2N3O/c1-19(14-10-13(21)8-9-15(14)22)16(17(28)27(3)18(25)26-19)11-4-6-12(7-5-11)20(2,23)24/h4-10,16H,1-3H3,(H2,25,26)/t16?,19-/m1/s1. The molecular weight excluding hydrogens is 452 g/mol. The van der Waals surface area contributed by atoms with Crippen LogP contribution < -0.4 is 5.73 Å². The van der Waals surface area contributed by atoms with Gasteiger partial charge in [-0.15, -0.1) is 0 Å². The molecule has 28 heavy (non-hydrogen) atoms. The van der Waals surface area contributed by atoms with Gasteiger partial charge >= 0.3 is 0 Å². The zero-order chi connectivity index (χ0) is 20.9. The lowest BCUT2D eigenvalue weighted by Gasteiger charge is -2.41. The minimum Gasteiger partial charge on any atom is -0.369 e. The van der Waals surface area contributed by atoms with Crippen LogP contribution in [0.3, 0.4) is 0 Å². The highest BCUT2D eigenvalue weighted by atomic mass is 79.9. The molecule has 2 N–H and O–H groups in total. The first-order valence-electron chi connectivity index (χ1n) is 8.52. The molecule has 148 valence electrons. The number of likely N-dealkylation sites (N-methyl/N-ethyl adjacent to an activating group) is 1. The molecule has 3 rings (SSSR count). The van der Waals surface area contributed by atoms with Crippen molar-refractivity contribution < 1.29 is 13.6 Å². The molecule has 2 atom stereocenters. The molecule has 4 nitrogen and oxygen atoms in total. The second kappa shape index (κ2) is 7.12. The lowest BCUT2D eigenvalue weighted by Crippen LogP contribution is -2.52. The van der Waals surface area contributed by atoms with Gasteiger partial charge in [-0.25, -0.2) is 13.8 Å². The number of nitrogens with zero attached hydrogens (tertiary/aromatic N) is 2. The van der Waals surface area contributed by atoms with Crippen LogP contribution in [0, 0.1) is 0 Å². The molecule has 0 fully saturated rings. The average molecular weight is 471 g/mol. The fourth-order valence-corrected chi connectivity index (χ4v) is 4.13. The summed E-state index contributed by atoms with van der Waals surface area (Å²) in [7, 11) is 1.53. The number of amides is 1. The molecule has 2 aromatic rings. The Balaban J connectivity index is 2.21. The number of benzene rings is 2. The van der Waals surface area contributed by atoms with Gasteiger partial charge in [0.15, 0.2) is 5.96 Å². The summed E-state index contributed by atoms with van der Waals surface area (Å²) in [5.41, 5.74) is 5.93. The topological polar surface area (TPSA) is 58.7 Å². The maximum Gasteiger partial charge on any atom is 0.270 e. The number of alkyl halides is 2. The van der Waals surface area contributed by atoms with Crippen molar-refractivity contribution >= 4 is 39.4 Å². The van der Waals surface area contributed by atoms with Crippen molar-refractivity contribution in [2.75, 3.05) is 7.05 Å². The van der Waals surface area contributed by atoms with Gasteiger partial charge in [-0.2, -0.15) is 0 Å². The fraction of sp³-hybridized carbons (Fsp3) is 0.300. The van der Waals surface area contributed by atoms with E-state index in [2.05, 4.69) is 20.9 Å². The van der Waals surface area contributed by atoms with Gasteiger partial charge in [0.25, 0.3) is 5.92 Å². The summed E-state index contributed by atoms with van der Waals surface area (Å²) in [5.74, 6) is -3.97. The van der Waals surface area contributed by atoms with Crippen LogP contribution in [-0.2, 0) is 16.3 Å². The fourth-order valence-electron chi connectivity index (χ4n) is 3.46. The summed E-state index contributed by atoms with van der Waals surface area (Å²) in [6.07, 6.45) is 0. The number of carbonyl (C=O) groups excluding carboxylic acids is 1. The smallest absolute Gasteiger partial charge is 0.270 e. The summed E-state index contributed by atoms with van der Waals surface area (Å²) in [6.45, 7) is 2.60. The third kappa shape index (κ3) is 3.53. The van der Waals surface area contributed by atoms with Crippen molar-refractivity contribution in [3.8, 4) is 0 Å². The quantitative estimate of drug-likeness (QED) is 0.686. The molecule has 0 aliphatic carbocycles. The van der Waals surface area contributed by atoms with Gasteiger partial charge in [0.1, 0.15) is 5.54 Å². The van der Waals surface area contributed by atoms with E-state index in [0.29, 0.717) is 16.1 Å². The number of aliphatic imine (C=N–C) groups is 1. The SMILES string of the molecule is CN1C(=O)C(c2ccc(C(C)(F)F)cc2)[C@@](C)(c2cc(Br)ccc2Cl)N=C1N. The second-order valence-electron chi connectivity index (χ2n) is 7.08. The predicted octanol–water partition coefficient (Wildman–Crippen LogP) is 5.00. The summed E-state index contributed by atoms with van der Waals surface area (Å²) < 4.78 is 28.0. The van der Waals surface area contributed by atoms with Crippen LogP contribution in [0.4, 0.5) is 8.78 Å². The molecule has 8 heteroatoms. The van der Waals surface area contributed by atoms with E-state index in [1.165, 1.54) is 36.2 Å². The van der Waals surface area contributed by atoms with Crippen LogP contribution in [0.2, 0.25) is 5.02 Å². The van der Waals surface area contributed by atoms with Crippen molar-refractivity contribution in [1.29, 1.82) is 0 Å². The Kier molecular flexibility index (Phi) is 5.27. The maximum absolute atomic E-state index is 13.6. The lowest BCUT2D eigenvalue weighted by molar-refractivity contribution is -0.130. The van der Waals surface area contributed by atoms with E-state index in [4.69, 9.17) is 17.3 Å². The molecule has 0 aromatic heterocycles. The third-order valence-electron chi connectivity index (χ3n) is 5.05. The van der Waals surface area contributed by atoms with Crippen molar-refractivity contribution in [3.05, 3.63) is 68.7 Å². The number of nitrogens with two attached hydrogens (primary N) is 1. The summed E-state index contributed by atoms with van der Waals surface area (Å²) in [4.78, 5) is 19.0. The summed E-state index contributed by atoms with van der Waals surface area (Å²) >= 11 is 9.85. The molecule has 1 amide bonds. The first-order valence-corrected chi connectivity index (χ1v) is 9.69. The summed E-state index contributed by atoms with van der Waals surface area (Å²) in [6, 6.07) is 11.0. The van der Waals surface area contributed by atoms with Crippen LogP contribution in [0.5, 0.6) is 0 Å². The Morgan fingerprint density at radius 2 is 1.86 bits per heavy atom. The maximum atomic E-state index is 13.6. The van der Waals surface area contributed by atoms with E-state index in [0.717, 1.165) is 11.4 Å². The highest BCUT2D eigenvalue weighted by Gasteiger charge is 2.48. The van der Waals surface area contributed by atoms with Gasteiger partial charge in [0.05, 0.1) is 5.92 Å². The van der Waals surface area contributed by atoms with E-state index in [-0.39, 0.29) is 17.4 Å². The number of rotatable bonds is 3. The molecule has 0 bridgehead atoms. The van der Waals surface area contributed by atoms with Crippen LogP contribution in [-0.4, -0.2) is 23.8 Å². The second-order valence-corrected chi connectivity index (χ2v) is 8.41. The van der Waals surface area contributed by atoms with Crippen LogP contribution in [0.15, 0.2) is 51.9 Å². The van der Waals surface area contributed by atoms with E-state index >= 15 is 0 Å². The highest BCUT2D eigenvalue weighted by Crippen LogP contribution is 2.47. The number of halogens is 4. The Morgan fingerprint density at radius 3 is 2.43 bits per heavy atom. The molecule has 2 aromatic carbocycles. The zero-order valence-corrected chi connectivity index (χ0v) is 17.9. The Labute approximate surface area is 175 Å². The Bertz CT molecular complexity index is 959.